The number of guanidine groups is 1. The Hall–Kier alpha value is -3.68. The maximum Gasteiger partial charge on any atom is 0.186 e. The summed E-state index contributed by atoms with van der Waals surface area (Å²) in [6.07, 6.45) is 11.5. The van der Waals surface area contributed by atoms with E-state index in [9.17, 15) is 0 Å². The van der Waals surface area contributed by atoms with Crippen molar-refractivity contribution in [3.63, 3.8) is 0 Å². The van der Waals surface area contributed by atoms with E-state index in [1.807, 2.05) is 42.5 Å². The largest absolute Gasteiger partial charge is 0.497 e. The molecule has 1 aliphatic rings. The lowest BCUT2D eigenvalue weighted by atomic mass is 9.90. The van der Waals surface area contributed by atoms with Crippen molar-refractivity contribution in [3.05, 3.63) is 54.1 Å². The summed E-state index contributed by atoms with van der Waals surface area (Å²) in [4.78, 5) is 18.0. The molecule has 8 heteroatoms. The van der Waals surface area contributed by atoms with Crippen LogP contribution in [0.5, 0.6) is 5.75 Å². The molecule has 2 unspecified atom stereocenters. The highest BCUT2D eigenvalue weighted by atomic mass is 16.5. The molecule has 2 heterocycles. The molecule has 31 heavy (non-hydrogen) atoms. The van der Waals surface area contributed by atoms with Crippen LogP contribution in [0.1, 0.15) is 37.1 Å². The molecule has 5 N–H and O–H groups in total. The van der Waals surface area contributed by atoms with Gasteiger partial charge in [-0.15, -0.1) is 0 Å². The van der Waals surface area contributed by atoms with Crippen LogP contribution in [0.3, 0.4) is 0 Å². The number of rotatable bonds is 6. The molecule has 0 bridgehead atoms. The average molecular weight is 418 g/mol. The van der Waals surface area contributed by atoms with E-state index in [4.69, 9.17) is 26.2 Å². The molecular weight excluding hydrogens is 390 g/mol. The van der Waals surface area contributed by atoms with Crippen molar-refractivity contribution in [2.45, 2.75) is 37.8 Å². The quantitative estimate of drug-likeness (QED) is 0.415. The van der Waals surface area contributed by atoms with Gasteiger partial charge in [-0.1, -0.05) is 18.9 Å². The van der Waals surface area contributed by atoms with Crippen molar-refractivity contribution in [2.24, 2.45) is 16.5 Å². The number of nitrogens with zero attached hydrogens (tertiary/aromatic N) is 4. The fourth-order valence-corrected chi connectivity index (χ4v) is 3.88. The molecule has 2 atom stereocenters. The van der Waals surface area contributed by atoms with Crippen LogP contribution in [-0.2, 0) is 0 Å². The summed E-state index contributed by atoms with van der Waals surface area (Å²) in [6, 6.07) is 9.78. The zero-order valence-electron chi connectivity index (χ0n) is 17.5. The van der Waals surface area contributed by atoms with E-state index in [0.717, 1.165) is 53.7 Å². The van der Waals surface area contributed by atoms with Crippen molar-refractivity contribution in [1.29, 1.82) is 0 Å². The van der Waals surface area contributed by atoms with Crippen LogP contribution >= 0.6 is 0 Å². The smallest absolute Gasteiger partial charge is 0.186 e. The molecule has 0 amide bonds. The third-order valence-corrected chi connectivity index (χ3v) is 5.42. The SMILES string of the molecule is COc1ccc2nc(C=Cc3ccncc3)nc(NC3CCCCC3N=C(N)N)c2c1. The van der Waals surface area contributed by atoms with Gasteiger partial charge in [-0.05, 0) is 54.8 Å². The summed E-state index contributed by atoms with van der Waals surface area (Å²) in [5, 5.41) is 4.50. The van der Waals surface area contributed by atoms with Gasteiger partial charge >= 0.3 is 0 Å². The number of nitrogens with two attached hydrogens (primary N) is 2. The summed E-state index contributed by atoms with van der Waals surface area (Å²) in [6.45, 7) is 0. The van der Waals surface area contributed by atoms with Crippen LogP contribution in [-0.4, -0.2) is 40.1 Å². The summed E-state index contributed by atoms with van der Waals surface area (Å²) in [5.41, 5.74) is 13.2. The van der Waals surface area contributed by atoms with Gasteiger partial charge in [0.2, 0.25) is 0 Å². The Morgan fingerprint density at radius 1 is 1.10 bits per heavy atom. The molecule has 0 spiro atoms. The number of hydrogen-bond donors (Lipinski definition) is 3. The number of hydrogen-bond acceptors (Lipinski definition) is 6. The Balaban J connectivity index is 1.72. The van der Waals surface area contributed by atoms with Crippen LogP contribution in [0.4, 0.5) is 5.82 Å². The van der Waals surface area contributed by atoms with Crippen LogP contribution in [0, 0.1) is 0 Å². The highest BCUT2D eigenvalue weighted by Gasteiger charge is 2.26. The summed E-state index contributed by atoms with van der Waals surface area (Å²) in [7, 11) is 1.65. The van der Waals surface area contributed by atoms with Gasteiger partial charge in [0.25, 0.3) is 0 Å². The maximum absolute atomic E-state index is 5.67. The van der Waals surface area contributed by atoms with Gasteiger partial charge in [0, 0.05) is 17.8 Å². The van der Waals surface area contributed by atoms with Crippen LogP contribution in [0.15, 0.2) is 47.7 Å². The van der Waals surface area contributed by atoms with Crippen molar-refractivity contribution in [3.8, 4) is 5.75 Å². The first-order valence-electron chi connectivity index (χ1n) is 10.4. The number of ether oxygens (including phenoxy) is 1. The second kappa shape index (κ2) is 9.42. The second-order valence-electron chi connectivity index (χ2n) is 7.58. The molecule has 1 saturated carbocycles. The van der Waals surface area contributed by atoms with E-state index < -0.39 is 0 Å². The number of pyridine rings is 1. The number of methoxy groups -OCH3 is 1. The van der Waals surface area contributed by atoms with E-state index in [2.05, 4.69) is 15.3 Å². The highest BCUT2D eigenvalue weighted by molar-refractivity contribution is 5.91. The number of fused-ring (bicyclic) bond motifs is 1. The third kappa shape index (κ3) is 5.09. The van der Waals surface area contributed by atoms with Crippen molar-refractivity contribution >= 4 is 34.8 Å². The molecule has 1 aliphatic carbocycles. The fraction of sp³-hybridized carbons (Fsp3) is 0.304. The first-order chi connectivity index (χ1) is 15.1. The molecule has 0 aliphatic heterocycles. The van der Waals surface area contributed by atoms with Crippen LogP contribution < -0.4 is 21.5 Å². The first kappa shape index (κ1) is 20.6. The molecule has 3 aromatic rings. The van der Waals surface area contributed by atoms with Crippen LogP contribution in [0.25, 0.3) is 23.1 Å². The number of benzene rings is 1. The summed E-state index contributed by atoms with van der Waals surface area (Å²) in [5.74, 6) is 2.24. The third-order valence-electron chi connectivity index (χ3n) is 5.42. The minimum absolute atomic E-state index is 0.0187. The average Bonchev–Trinajstić information content (AvgIpc) is 2.79. The number of aromatic nitrogens is 3. The maximum atomic E-state index is 5.67. The van der Waals surface area contributed by atoms with Crippen LogP contribution in [0.2, 0.25) is 0 Å². The predicted octanol–water partition coefficient (Wildman–Crippen LogP) is 3.20. The number of nitrogens with one attached hydrogen (secondary N) is 1. The standard InChI is InChI=1S/C23H27N7O/c1-31-16-7-8-18-17(14-16)22(28-19-4-2-3-5-20(19)29-23(24)25)30-21(27-18)9-6-15-10-12-26-13-11-15/h6-14,19-20H,2-5H2,1H3,(H4,24,25,29)(H,27,28,30). The minimum atomic E-state index is 0.0187. The lowest BCUT2D eigenvalue weighted by Gasteiger charge is -2.30. The Kier molecular flexibility index (Phi) is 6.26. The molecule has 4 rings (SSSR count). The van der Waals surface area contributed by atoms with Gasteiger partial charge in [0.05, 0.1) is 24.7 Å². The van der Waals surface area contributed by atoms with Gasteiger partial charge in [-0.3, -0.25) is 4.98 Å². The molecule has 0 saturated heterocycles. The van der Waals surface area contributed by atoms with E-state index in [0.29, 0.717) is 5.82 Å². The molecule has 2 aromatic heterocycles. The van der Waals surface area contributed by atoms with Gasteiger partial charge in [0.15, 0.2) is 11.8 Å². The van der Waals surface area contributed by atoms with Crippen molar-refractivity contribution in [1.82, 2.24) is 15.0 Å². The van der Waals surface area contributed by atoms with E-state index in [-0.39, 0.29) is 18.0 Å². The fourth-order valence-electron chi connectivity index (χ4n) is 3.88. The van der Waals surface area contributed by atoms with Gasteiger partial charge in [-0.25, -0.2) is 15.0 Å². The normalized spacial score (nSPS) is 18.7. The Labute approximate surface area is 181 Å². The van der Waals surface area contributed by atoms with Gasteiger partial charge < -0.3 is 21.5 Å². The number of anilines is 1. The highest BCUT2D eigenvalue weighted by Crippen LogP contribution is 2.29. The monoisotopic (exact) mass is 417 g/mol. The minimum Gasteiger partial charge on any atom is -0.497 e. The van der Waals surface area contributed by atoms with E-state index in [1.54, 1.807) is 19.5 Å². The zero-order valence-corrected chi connectivity index (χ0v) is 17.5. The molecule has 1 aromatic carbocycles. The Bertz CT molecular complexity index is 1090. The molecular formula is C23H27N7O. The molecule has 1 fully saturated rings. The Morgan fingerprint density at radius 3 is 2.68 bits per heavy atom. The molecule has 0 radical (unpaired) electrons. The Morgan fingerprint density at radius 2 is 1.90 bits per heavy atom. The van der Waals surface area contributed by atoms with Crippen molar-refractivity contribution in [2.75, 3.05) is 12.4 Å². The zero-order chi connectivity index (χ0) is 21.6. The lowest BCUT2D eigenvalue weighted by Crippen LogP contribution is -2.38. The molecule has 160 valence electrons. The first-order valence-corrected chi connectivity index (χ1v) is 10.4. The topological polar surface area (TPSA) is 124 Å². The predicted molar refractivity (Wildman–Crippen MR) is 125 cm³/mol. The van der Waals surface area contributed by atoms with E-state index >= 15 is 0 Å². The molecule has 8 nitrogen and oxygen atoms in total. The van der Waals surface area contributed by atoms with Gasteiger partial charge in [-0.2, -0.15) is 0 Å². The summed E-state index contributed by atoms with van der Waals surface area (Å²) >= 11 is 0. The lowest BCUT2D eigenvalue weighted by molar-refractivity contribution is 0.405. The van der Waals surface area contributed by atoms with E-state index in [1.165, 1.54) is 0 Å². The number of aliphatic imine (C=N–C) groups is 1. The second-order valence-corrected chi connectivity index (χ2v) is 7.58. The summed E-state index contributed by atoms with van der Waals surface area (Å²) < 4.78 is 5.42. The van der Waals surface area contributed by atoms with Gasteiger partial charge in [0.1, 0.15) is 11.6 Å². The van der Waals surface area contributed by atoms with Crippen molar-refractivity contribution < 1.29 is 4.74 Å².